The van der Waals surface area contributed by atoms with Gasteiger partial charge in [-0.15, -0.1) is 0 Å². The summed E-state index contributed by atoms with van der Waals surface area (Å²) in [6.45, 7) is 5.65. The maximum Gasteiger partial charge on any atom is 0.257 e. The summed E-state index contributed by atoms with van der Waals surface area (Å²) in [4.78, 5) is 27.8. The minimum Gasteiger partial charge on any atom is -0.381 e. The maximum absolute atomic E-state index is 12.3. The average Bonchev–Trinajstić information content (AvgIpc) is 2.55. The second kappa shape index (κ2) is 7.54. The van der Waals surface area contributed by atoms with E-state index in [1.807, 2.05) is 0 Å². The molecule has 0 radical (unpaired) electrons. The third kappa shape index (κ3) is 4.64. The fraction of sp³-hybridized carbons (Fsp3) is 0.278. The molecular formula is C18H21N3O2. The van der Waals surface area contributed by atoms with Crippen molar-refractivity contribution in [3.63, 3.8) is 0 Å². The predicted molar refractivity (Wildman–Crippen MR) is 92.0 cm³/mol. The molecule has 1 unspecified atom stereocenters. The van der Waals surface area contributed by atoms with Crippen molar-refractivity contribution in [3.8, 4) is 0 Å². The van der Waals surface area contributed by atoms with Crippen molar-refractivity contribution in [2.75, 3.05) is 10.6 Å². The SMILES string of the molecule is CCC(C)Nc1cncc(C(=O)Nc2cccc(C(C)=O)c2)c1. The zero-order valence-electron chi connectivity index (χ0n) is 13.6. The molecule has 0 fully saturated rings. The molecule has 23 heavy (non-hydrogen) atoms. The number of pyridine rings is 1. The lowest BCUT2D eigenvalue weighted by Crippen LogP contribution is -2.16. The highest BCUT2D eigenvalue weighted by Crippen LogP contribution is 2.15. The first kappa shape index (κ1) is 16.7. The number of aromatic nitrogens is 1. The topological polar surface area (TPSA) is 71.1 Å². The van der Waals surface area contributed by atoms with E-state index < -0.39 is 0 Å². The van der Waals surface area contributed by atoms with Gasteiger partial charge in [0.25, 0.3) is 5.91 Å². The Morgan fingerprint density at radius 3 is 2.57 bits per heavy atom. The Morgan fingerprint density at radius 2 is 1.87 bits per heavy atom. The average molecular weight is 311 g/mol. The van der Waals surface area contributed by atoms with E-state index in [0.29, 0.717) is 22.9 Å². The Hall–Kier alpha value is -2.69. The number of anilines is 2. The van der Waals surface area contributed by atoms with Crippen LogP contribution in [0.4, 0.5) is 11.4 Å². The predicted octanol–water partition coefficient (Wildman–Crippen LogP) is 3.75. The number of hydrogen-bond acceptors (Lipinski definition) is 4. The number of carbonyl (C=O) groups is 2. The number of nitrogens with one attached hydrogen (secondary N) is 2. The first-order chi connectivity index (χ1) is 11.0. The van der Waals surface area contributed by atoms with Gasteiger partial charge in [0.1, 0.15) is 0 Å². The van der Waals surface area contributed by atoms with Crippen molar-refractivity contribution in [2.45, 2.75) is 33.2 Å². The monoisotopic (exact) mass is 311 g/mol. The van der Waals surface area contributed by atoms with E-state index in [0.717, 1.165) is 12.1 Å². The van der Waals surface area contributed by atoms with E-state index in [-0.39, 0.29) is 11.7 Å². The first-order valence-electron chi connectivity index (χ1n) is 7.63. The molecule has 2 aromatic rings. The molecule has 120 valence electrons. The molecule has 1 atom stereocenters. The molecule has 0 aliphatic carbocycles. The van der Waals surface area contributed by atoms with Crippen LogP contribution in [0.25, 0.3) is 0 Å². The Kier molecular flexibility index (Phi) is 5.46. The van der Waals surface area contributed by atoms with Crippen LogP contribution in [0.5, 0.6) is 0 Å². The molecule has 2 N–H and O–H groups in total. The van der Waals surface area contributed by atoms with Crippen molar-refractivity contribution in [3.05, 3.63) is 53.9 Å². The van der Waals surface area contributed by atoms with Crippen molar-refractivity contribution in [2.24, 2.45) is 0 Å². The van der Waals surface area contributed by atoms with Gasteiger partial charge in [-0.05, 0) is 38.5 Å². The van der Waals surface area contributed by atoms with Crippen molar-refractivity contribution in [1.29, 1.82) is 0 Å². The minimum atomic E-state index is -0.258. The van der Waals surface area contributed by atoms with Crippen LogP contribution < -0.4 is 10.6 Å². The number of Topliss-reactive ketones (excluding diaryl/α,β-unsaturated/α-hetero) is 1. The highest BCUT2D eigenvalue weighted by molar-refractivity contribution is 6.05. The standard InChI is InChI=1S/C18H21N3O2/c1-4-12(2)20-17-9-15(10-19-11-17)18(23)21-16-7-5-6-14(8-16)13(3)22/h5-12,20H,4H2,1-3H3,(H,21,23). The van der Waals surface area contributed by atoms with Gasteiger partial charge in [-0.2, -0.15) is 0 Å². The quantitative estimate of drug-likeness (QED) is 0.797. The molecular weight excluding hydrogens is 290 g/mol. The van der Waals surface area contributed by atoms with Gasteiger partial charge >= 0.3 is 0 Å². The number of ketones is 1. The van der Waals surface area contributed by atoms with Crippen LogP contribution in [0, 0.1) is 0 Å². The highest BCUT2D eigenvalue weighted by Gasteiger charge is 2.09. The lowest BCUT2D eigenvalue weighted by molar-refractivity contribution is 0.101. The van der Waals surface area contributed by atoms with E-state index in [1.165, 1.54) is 13.1 Å². The molecule has 1 aromatic heterocycles. The smallest absolute Gasteiger partial charge is 0.257 e. The summed E-state index contributed by atoms with van der Waals surface area (Å²) in [5.41, 5.74) is 2.42. The molecule has 0 bridgehead atoms. The van der Waals surface area contributed by atoms with Crippen LogP contribution in [0.15, 0.2) is 42.7 Å². The molecule has 5 heteroatoms. The van der Waals surface area contributed by atoms with Gasteiger partial charge in [-0.25, -0.2) is 0 Å². The largest absolute Gasteiger partial charge is 0.381 e. The summed E-state index contributed by atoms with van der Waals surface area (Å²) in [5.74, 6) is -0.298. The van der Waals surface area contributed by atoms with Crippen LogP contribution in [0.3, 0.4) is 0 Å². The number of nitrogens with zero attached hydrogens (tertiary/aromatic N) is 1. The summed E-state index contributed by atoms with van der Waals surface area (Å²) in [6.07, 6.45) is 4.19. The molecule has 2 rings (SSSR count). The zero-order valence-corrected chi connectivity index (χ0v) is 13.6. The van der Waals surface area contributed by atoms with Crippen LogP contribution in [0.1, 0.15) is 47.9 Å². The molecule has 1 heterocycles. The fourth-order valence-electron chi connectivity index (χ4n) is 2.05. The summed E-state index contributed by atoms with van der Waals surface area (Å²) < 4.78 is 0. The van der Waals surface area contributed by atoms with Gasteiger partial charge in [0.2, 0.25) is 0 Å². The normalized spacial score (nSPS) is 11.6. The summed E-state index contributed by atoms with van der Waals surface area (Å²) >= 11 is 0. The number of hydrogen-bond donors (Lipinski definition) is 2. The van der Waals surface area contributed by atoms with E-state index in [9.17, 15) is 9.59 Å². The third-order valence-corrected chi connectivity index (χ3v) is 3.55. The van der Waals surface area contributed by atoms with Gasteiger partial charge < -0.3 is 10.6 Å². The van der Waals surface area contributed by atoms with Gasteiger partial charge in [0, 0.05) is 29.7 Å². The first-order valence-corrected chi connectivity index (χ1v) is 7.63. The van der Waals surface area contributed by atoms with E-state index >= 15 is 0 Å². The van der Waals surface area contributed by atoms with Crippen LogP contribution in [0.2, 0.25) is 0 Å². The van der Waals surface area contributed by atoms with Gasteiger partial charge in [0.15, 0.2) is 5.78 Å². The molecule has 0 spiro atoms. The lowest BCUT2D eigenvalue weighted by atomic mass is 10.1. The summed E-state index contributed by atoms with van der Waals surface area (Å²) in [5, 5.41) is 6.08. The Morgan fingerprint density at radius 1 is 1.13 bits per heavy atom. The van der Waals surface area contributed by atoms with Gasteiger partial charge in [-0.3, -0.25) is 14.6 Å². The van der Waals surface area contributed by atoms with Crippen LogP contribution >= 0.6 is 0 Å². The second-order valence-electron chi connectivity index (χ2n) is 5.51. The maximum atomic E-state index is 12.3. The number of rotatable bonds is 6. The van der Waals surface area contributed by atoms with Crippen LogP contribution in [-0.2, 0) is 0 Å². The Bertz CT molecular complexity index is 713. The number of carbonyl (C=O) groups excluding carboxylic acids is 2. The number of benzene rings is 1. The molecule has 1 aromatic carbocycles. The fourth-order valence-corrected chi connectivity index (χ4v) is 2.05. The molecule has 0 aliphatic heterocycles. The van der Waals surface area contributed by atoms with Crippen molar-refractivity contribution >= 4 is 23.1 Å². The Labute approximate surface area is 136 Å². The molecule has 1 amide bonds. The lowest BCUT2D eigenvalue weighted by Gasteiger charge is -2.13. The number of amides is 1. The summed E-state index contributed by atoms with van der Waals surface area (Å²) in [6, 6.07) is 8.95. The highest BCUT2D eigenvalue weighted by atomic mass is 16.1. The minimum absolute atomic E-state index is 0.0393. The molecule has 0 aliphatic rings. The summed E-state index contributed by atoms with van der Waals surface area (Å²) in [7, 11) is 0. The van der Waals surface area contributed by atoms with Crippen molar-refractivity contribution in [1.82, 2.24) is 4.98 Å². The second-order valence-corrected chi connectivity index (χ2v) is 5.51. The molecule has 0 saturated carbocycles. The van der Waals surface area contributed by atoms with E-state index in [2.05, 4.69) is 29.5 Å². The zero-order chi connectivity index (χ0) is 16.8. The Balaban J connectivity index is 2.13. The van der Waals surface area contributed by atoms with Gasteiger partial charge in [-0.1, -0.05) is 19.1 Å². The molecule has 0 saturated heterocycles. The van der Waals surface area contributed by atoms with Gasteiger partial charge in [0.05, 0.1) is 11.3 Å². The van der Waals surface area contributed by atoms with Crippen LogP contribution in [-0.4, -0.2) is 22.7 Å². The molecule has 5 nitrogen and oxygen atoms in total. The third-order valence-electron chi connectivity index (χ3n) is 3.55. The van der Waals surface area contributed by atoms with Crippen molar-refractivity contribution < 1.29 is 9.59 Å². The van der Waals surface area contributed by atoms with E-state index in [4.69, 9.17) is 0 Å². The van der Waals surface area contributed by atoms with E-state index in [1.54, 1.807) is 36.5 Å².